The van der Waals surface area contributed by atoms with E-state index in [0.717, 1.165) is 17.5 Å². The first-order valence-electron chi connectivity index (χ1n) is 8.26. The third kappa shape index (κ3) is 4.23. The van der Waals surface area contributed by atoms with E-state index in [1.54, 1.807) is 19.2 Å². The molecule has 1 aromatic carbocycles. The van der Waals surface area contributed by atoms with Gasteiger partial charge in [-0.2, -0.15) is 10.4 Å². The largest absolute Gasteiger partial charge is 0.383 e. The summed E-state index contributed by atoms with van der Waals surface area (Å²) in [4.78, 5) is 0. The summed E-state index contributed by atoms with van der Waals surface area (Å²) in [5.41, 5.74) is 1.97. The molecule has 1 saturated heterocycles. The van der Waals surface area contributed by atoms with Gasteiger partial charge in [-0.25, -0.2) is 4.39 Å². The van der Waals surface area contributed by atoms with Crippen molar-refractivity contribution in [2.24, 2.45) is 0 Å². The lowest BCUT2D eigenvalue weighted by Gasteiger charge is -2.19. The van der Waals surface area contributed by atoms with Crippen molar-refractivity contribution in [1.29, 1.82) is 5.26 Å². The molecule has 2 aromatic rings. The van der Waals surface area contributed by atoms with Crippen LogP contribution in [-0.4, -0.2) is 36.1 Å². The molecule has 0 saturated carbocycles. The summed E-state index contributed by atoms with van der Waals surface area (Å²) >= 11 is 0. The molecule has 1 N–H and O–H groups in total. The van der Waals surface area contributed by atoms with Gasteiger partial charge >= 0.3 is 0 Å². The van der Waals surface area contributed by atoms with E-state index in [-0.39, 0.29) is 17.7 Å². The Morgan fingerprint density at radius 1 is 1.52 bits per heavy atom. The van der Waals surface area contributed by atoms with Gasteiger partial charge in [-0.15, -0.1) is 0 Å². The Morgan fingerprint density at radius 3 is 3.20 bits per heavy atom. The van der Waals surface area contributed by atoms with Gasteiger partial charge in [-0.05, 0) is 24.1 Å². The fraction of sp³-hybridized carbons (Fsp3) is 0.444. The topological polar surface area (TPSA) is 72.1 Å². The van der Waals surface area contributed by atoms with Gasteiger partial charge in [-0.1, -0.05) is 6.07 Å². The smallest absolute Gasteiger partial charge is 0.140 e. The van der Waals surface area contributed by atoms with Crippen molar-refractivity contribution < 1.29 is 13.9 Å². The number of benzene rings is 1. The maximum absolute atomic E-state index is 13.4. The van der Waals surface area contributed by atoms with Crippen molar-refractivity contribution in [3.05, 3.63) is 53.1 Å². The highest BCUT2D eigenvalue weighted by Gasteiger charge is 2.30. The Balaban J connectivity index is 1.62. The third-order valence-corrected chi connectivity index (χ3v) is 4.32. The van der Waals surface area contributed by atoms with E-state index in [4.69, 9.17) is 14.7 Å². The number of nitrogens with zero attached hydrogens (tertiary/aromatic N) is 3. The number of nitrogens with one attached hydrogen (secondary N) is 1. The maximum atomic E-state index is 13.4. The number of hydrogen-bond donors (Lipinski definition) is 1. The lowest BCUT2D eigenvalue weighted by molar-refractivity contribution is 0.0983. The predicted molar refractivity (Wildman–Crippen MR) is 89.2 cm³/mol. The molecule has 0 bridgehead atoms. The predicted octanol–water partition coefficient (Wildman–Crippen LogP) is 2.16. The number of methoxy groups -OCH3 is 1. The highest BCUT2D eigenvalue weighted by atomic mass is 19.1. The highest BCUT2D eigenvalue weighted by Crippen LogP contribution is 2.29. The Kier molecular flexibility index (Phi) is 5.76. The molecule has 0 aliphatic carbocycles. The first kappa shape index (κ1) is 17.5. The van der Waals surface area contributed by atoms with Crippen LogP contribution < -0.4 is 5.32 Å². The average Bonchev–Trinajstić information content (AvgIpc) is 3.28. The Morgan fingerprint density at radius 2 is 2.40 bits per heavy atom. The summed E-state index contributed by atoms with van der Waals surface area (Å²) in [6.45, 7) is 2.55. The molecular formula is C18H21FN4O2. The molecule has 2 atom stereocenters. The molecule has 3 rings (SSSR count). The number of aromatic nitrogens is 2. The lowest BCUT2D eigenvalue weighted by atomic mass is 10.0. The fourth-order valence-corrected chi connectivity index (χ4v) is 2.98. The third-order valence-electron chi connectivity index (χ3n) is 4.32. The number of nitriles is 1. The van der Waals surface area contributed by atoms with Gasteiger partial charge in [0.2, 0.25) is 0 Å². The maximum Gasteiger partial charge on any atom is 0.140 e. The van der Waals surface area contributed by atoms with Gasteiger partial charge in [0.05, 0.1) is 24.9 Å². The highest BCUT2D eigenvalue weighted by molar-refractivity contribution is 5.34. The van der Waals surface area contributed by atoms with Crippen LogP contribution in [0.5, 0.6) is 0 Å². The molecule has 7 heteroatoms. The van der Waals surface area contributed by atoms with Crippen LogP contribution >= 0.6 is 0 Å². The molecule has 0 amide bonds. The van der Waals surface area contributed by atoms with Crippen LogP contribution in [0.1, 0.15) is 29.2 Å². The quantitative estimate of drug-likeness (QED) is 0.833. The van der Waals surface area contributed by atoms with E-state index in [1.807, 2.05) is 23.1 Å². The van der Waals surface area contributed by atoms with Crippen LogP contribution in [0.4, 0.5) is 4.39 Å². The van der Waals surface area contributed by atoms with Crippen LogP contribution in [0.15, 0.2) is 30.6 Å². The Hall–Kier alpha value is -2.27. The lowest BCUT2D eigenvalue weighted by Crippen LogP contribution is -2.31. The summed E-state index contributed by atoms with van der Waals surface area (Å²) in [5.74, 6) is -0.489. The molecule has 6 nitrogen and oxygen atoms in total. The summed E-state index contributed by atoms with van der Waals surface area (Å²) in [6, 6.07) is 6.62. The van der Waals surface area contributed by atoms with Crippen LogP contribution in [0.2, 0.25) is 0 Å². The van der Waals surface area contributed by atoms with Crippen LogP contribution in [0.25, 0.3) is 0 Å². The van der Waals surface area contributed by atoms with Crippen LogP contribution in [0, 0.1) is 17.1 Å². The van der Waals surface area contributed by atoms with E-state index in [2.05, 4.69) is 10.4 Å². The minimum atomic E-state index is -0.489. The molecule has 1 aliphatic heterocycles. The normalized spacial score (nSPS) is 19.9. The summed E-state index contributed by atoms with van der Waals surface area (Å²) in [5, 5.41) is 16.7. The number of halogens is 1. The fourth-order valence-electron chi connectivity index (χ4n) is 2.98. The minimum Gasteiger partial charge on any atom is -0.383 e. The monoisotopic (exact) mass is 344 g/mol. The van der Waals surface area contributed by atoms with Crippen LogP contribution in [0.3, 0.4) is 0 Å². The van der Waals surface area contributed by atoms with Crippen molar-refractivity contribution in [3.8, 4) is 6.07 Å². The van der Waals surface area contributed by atoms with Gasteiger partial charge < -0.3 is 14.8 Å². The van der Waals surface area contributed by atoms with Gasteiger partial charge in [0.1, 0.15) is 18.0 Å². The van der Waals surface area contributed by atoms with Crippen molar-refractivity contribution in [2.45, 2.75) is 31.7 Å². The molecule has 0 radical (unpaired) electrons. The zero-order chi connectivity index (χ0) is 17.6. The van der Waals surface area contributed by atoms with Crippen molar-refractivity contribution in [2.75, 3.05) is 20.3 Å². The van der Waals surface area contributed by atoms with Gasteiger partial charge in [0.15, 0.2) is 0 Å². The Labute approximate surface area is 146 Å². The summed E-state index contributed by atoms with van der Waals surface area (Å²) in [7, 11) is 1.66. The Bertz CT molecular complexity index is 756. The molecule has 1 aromatic heterocycles. The molecule has 2 heterocycles. The SMILES string of the molecule is COCCn1cc([C@H]2OCC[C@@H]2NCc2ccc(F)c(C#N)c2)cn1. The van der Waals surface area contributed by atoms with E-state index in [1.165, 1.54) is 6.07 Å². The molecule has 0 spiro atoms. The second-order valence-electron chi connectivity index (χ2n) is 6.02. The van der Waals surface area contributed by atoms with Crippen molar-refractivity contribution in [3.63, 3.8) is 0 Å². The second kappa shape index (κ2) is 8.21. The molecule has 1 aliphatic rings. The van der Waals surface area contributed by atoms with Crippen molar-refractivity contribution >= 4 is 0 Å². The van der Waals surface area contributed by atoms with E-state index >= 15 is 0 Å². The van der Waals surface area contributed by atoms with Gasteiger partial charge in [0.25, 0.3) is 0 Å². The number of ether oxygens (including phenoxy) is 2. The molecular weight excluding hydrogens is 323 g/mol. The van der Waals surface area contributed by atoms with Gasteiger partial charge in [0, 0.05) is 38.1 Å². The molecule has 0 unspecified atom stereocenters. The molecule has 25 heavy (non-hydrogen) atoms. The van der Waals surface area contributed by atoms with Crippen molar-refractivity contribution in [1.82, 2.24) is 15.1 Å². The van der Waals surface area contributed by atoms with E-state index < -0.39 is 5.82 Å². The van der Waals surface area contributed by atoms with E-state index in [0.29, 0.717) is 26.3 Å². The second-order valence-corrected chi connectivity index (χ2v) is 6.02. The zero-order valence-electron chi connectivity index (χ0n) is 14.1. The molecule has 1 fully saturated rings. The van der Waals surface area contributed by atoms with Gasteiger partial charge in [-0.3, -0.25) is 4.68 Å². The first-order valence-corrected chi connectivity index (χ1v) is 8.26. The number of rotatable bonds is 7. The average molecular weight is 344 g/mol. The minimum absolute atomic E-state index is 0.0628. The summed E-state index contributed by atoms with van der Waals surface area (Å²) < 4.78 is 26.2. The standard InChI is InChI=1S/C18H21FN4O2/c1-24-7-5-23-12-15(11-22-23)18-17(4-6-25-18)21-10-13-2-3-16(19)14(8-13)9-20/h2-3,8,11-12,17-18,21H,4-7,10H2,1H3/t17-,18+/m0/s1. The first-order chi connectivity index (χ1) is 12.2. The van der Waals surface area contributed by atoms with Crippen LogP contribution in [-0.2, 0) is 22.6 Å². The number of hydrogen-bond acceptors (Lipinski definition) is 5. The molecule has 132 valence electrons. The summed E-state index contributed by atoms with van der Waals surface area (Å²) in [6.07, 6.45) is 4.63. The van der Waals surface area contributed by atoms with E-state index in [9.17, 15) is 4.39 Å². The zero-order valence-corrected chi connectivity index (χ0v) is 14.1.